The maximum Gasteiger partial charge on any atom is 0.261 e. The van der Waals surface area contributed by atoms with Crippen LogP contribution in [0.25, 0.3) is 0 Å². The number of rotatable bonds is 9. The highest BCUT2D eigenvalue weighted by Gasteiger charge is 2.36. The molecule has 7 nitrogen and oxygen atoms in total. The average Bonchev–Trinajstić information content (AvgIpc) is 3.58. The van der Waals surface area contributed by atoms with Crippen LogP contribution in [0.2, 0.25) is 0 Å². The van der Waals surface area contributed by atoms with Crippen molar-refractivity contribution >= 4 is 40.4 Å². The maximum atomic E-state index is 13.4. The zero-order chi connectivity index (χ0) is 22.3. The lowest BCUT2D eigenvalue weighted by atomic mass is 9.93. The molecule has 2 atom stereocenters. The summed E-state index contributed by atoms with van der Waals surface area (Å²) in [6.45, 7) is -0.187. The summed E-state index contributed by atoms with van der Waals surface area (Å²) >= 11 is 2.77. The Labute approximate surface area is 194 Å². The van der Waals surface area contributed by atoms with E-state index in [1.165, 1.54) is 28.9 Å². The molecule has 0 spiro atoms. The van der Waals surface area contributed by atoms with Crippen LogP contribution < -0.4 is 16.0 Å². The Bertz CT molecular complexity index is 1010. The summed E-state index contributed by atoms with van der Waals surface area (Å²) in [7, 11) is 0. The molecule has 168 valence electrons. The van der Waals surface area contributed by atoms with Gasteiger partial charge in [-0.25, -0.2) is 0 Å². The highest BCUT2D eigenvalue weighted by Crippen LogP contribution is 2.34. The number of furan rings is 1. The largest absolute Gasteiger partial charge is 0.468 e. The fraction of sp³-hybridized carbons (Fsp3) is 0.348. The Kier molecular flexibility index (Phi) is 7.39. The van der Waals surface area contributed by atoms with E-state index in [0.717, 1.165) is 30.6 Å². The molecule has 1 aliphatic rings. The van der Waals surface area contributed by atoms with Gasteiger partial charge in [0.25, 0.3) is 5.91 Å². The maximum absolute atomic E-state index is 13.4. The summed E-state index contributed by atoms with van der Waals surface area (Å²) in [6, 6.07) is 10.3. The standard InChI is InChI=1S/C23H25N3O4S2/c27-19(14-24-22(28)18-10-5-13-32-18)26-21(17-9-4-12-31-17)20(16-8-3-11-30-16)23(29)25-15-6-1-2-7-15/h3-5,8-13,15,20-21H,1-2,6-7,14H2,(H,24,28)(H,25,29)(H,26,27). The lowest BCUT2D eigenvalue weighted by Crippen LogP contribution is -2.45. The second kappa shape index (κ2) is 10.6. The van der Waals surface area contributed by atoms with Gasteiger partial charge in [0.1, 0.15) is 11.7 Å². The lowest BCUT2D eigenvalue weighted by molar-refractivity contribution is -0.125. The molecule has 3 heterocycles. The third-order valence-electron chi connectivity index (χ3n) is 5.49. The van der Waals surface area contributed by atoms with Crippen LogP contribution in [0.3, 0.4) is 0 Å². The van der Waals surface area contributed by atoms with Gasteiger partial charge in [0.05, 0.1) is 23.7 Å². The first-order valence-electron chi connectivity index (χ1n) is 10.6. The van der Waals surface area contributed by atoms with E-state index >= 15 is 0 Å². The first-order chi connectivity index (χ1) is 15.6. The van der Waals surface area contributed by atoms with Crippen LogP contribution in [-0.4, -0.2) is 30.3 Å². The van der Waals surface area contributed by atoms with Gasteiger partial charge in [-0.05, 0) is 47.9 Å². The van der Waals surface area contributed by atoms with Crippen LogP contribution in [0, 0.1) is 0 Å². The lowest BCUT2D eigenvalue weighted by Gasteiger charge is -2.27. The molecule has 9 heteroatoms. The van der Waals surface area contributed by atoms with E-state index in [0.29, 0.717) is 10.6 Å². The molecule has 3 aromatic heterocycles. The molecule has 0 radical (unpaired) electrons. The first kappa shape index (κ1) is 22.3. The normalized spacial score (nSPS) is 15.8. The van der Waals surface area contributed by atoms with Crippen molar-refractivity contribution in [1.29, 1.82) is 0 Å². The highest BCUT2D eigenvalue weighted by molar-refractivity contribution is 7.12. The van der Waals surface area contributed by atoms with Gasteiger partial charge in [-0.2, -0.15) is 0 Å². The molecule has 32 heavy (non-hydrogen) atoms. The van der Waals surface area contributed by atoms with E-state index < -0.39 is 12.0 Å². The van der Waals surface area contributed by atoms with Gasteiger partial charge < -0.3 is 20.4 Å². The predicted molar refractivity (Wildman–Crippen MR) is 124 cm³/mol. The molecule has 1 saturated carbocycles. The van der Waals surface area contributed by atoms with Gasteiger partial charge in [0.15, 0.2) is 0 Å². The number of carbonyl (C=O) groups is 3. The summed E-state index contributed by atoms with van der Waals surface area (Å²) in [5.41, 5.74) is 0. The fourth-order valence-electron chi connectivity index (χ4n) is 3.94. The van der Waals surface area contributed by atoms with Crippen LogP contribution in [0.4, 0.5) is 0 Å². The van der Waals surface area contributed by atoms with Crippen molar-refractivity contribution in [3.05, 3.63) is 68.9 Å². The monoisotopic (exact) mass is 471 g/mol. The minimum Gasteiger partial charge on any atom is -0.468 e. The van der Waals surface area contributed by atoms with Gasteiger partial charge in [0, 0.05) is 10.9 Å². The van der Waals surface area contributed by atoms with Crippen molar-refractivity contribution in [3.8, 4) is 0 Å². The molecule has 3 N–H and O–H groups in total. The number of hydrogen-bond acceptors (Lipinski definition) is 6. The molecule has 0 aromatic carbocycles. The first-order valence-corrected chi connectivity index (χ1v) is 12.4. The van der Waals surface area contributed by atoms with Gasteiger partial charge in [-0.3, -0.25) is 14.4 Å². The van der Waals surface area contributed by atoms with E-state index in [1.54, 1.807) is 29.6 Å². The molecule has 3 aromatic rings. The van der Waals surface area contributed by atoms with Crippen molar-refractivity contribution in [2.24, 2.45) is 0 Å². The van der Waals surface area contributed by atoms with Crippen LogP contribution in [-0.2, 0) is 9.59 Å². The Morgan fingerprint density at radius 1 is 1.03 bits per heavy atom. The van der Waals surface area contributed by atoms with E-state index in [1.807, 2.05) is 17.5 Å². The molecule has 1 aliphatic carbocycles. The summed E-state index contributed by atoms with van der Waals surface area (Å²) in [5, 5.41) is 12.4. The topological polar surface area (TPSA) is 100 Å². The highest BCUT2D eigenvalue weighted by atomic mass is 32.1. The van der Waals surface area contributed by atoms with Crippen molar-refractivity contribution < 1.29 is 18.8 Å². The minimum atomic E-state index is -0.721. The van der Waals surface area contributed by atoms with Gasteiger partial charge >= 0.3 is 0 Å². The van der Waals surface area contributed by atoms with Crippen LogP contribution in [0.15, 0.2) is 57.8 Å². The summed E-state index contributed by atoms with van der Waals surface area (Å²) in [4.78, 5) is 39.7. The Morgan fingerprint density at radius 3 is 2.47 bits per heavy atom. The van der Waals surface area contributed by atoms with Crippen molar-refractivity contribution in [2.75, 3.05) is 6.54 Å². The molecule has 0 aliphatic heterocycles. The van der Waals surface area contributed by atoms with E-state index in [-0.39, 0.29) is 30.3 Å². The number of thiophene rings is 2. The second-order valence-electron chi connectivity index (χ2n) is 7.70. The molecule has 0 saturated heterocycles. The smallest absolute Gasteiger partial charge is 0.261 e. The zero-order valence-electron chi connectivity index (χ0n) is 17.4. The Hall–Kier alpha value is -2.91. The summed E-state index contributed by atoms with van der Waals surface area (Å²) < 4.78 is 5.61. The van der Waals surface area contributed by atoms with Gasteiger partial charge in [-0.1, -0.05) is 25.0 Å². The number of amides is 3. The average molecular weight is 472 g/mol. The molecular formula is C23H25N3O4S2. The van der Waals surface area contributed by atoms with Gasteiger partial charge in [0.2, 0.25) is 11.8 Å². The summed E-state index contributed by atoms with van der Waals surface area (Å²) in [6.07, 6.45) is 5.65. The molecule has 1 fully saturated rings. The van der Waals surface area contributed by atoms with Crippen LogP contribution >= 0.6 is 22.7 Å². The van der Waals surface area contributed by atoms with E-state index in [9.17, 15) is 14.4 Å². The predicted octanol–water partition coefficient (Wildman–Crippen LogP) is 3.83. The Morgan fingerprint density at radius 2 is 1.81 bits per heavy atom. The molecular weight excluding hydrogens is 446 g/mol. The second-order valence-corrected chi connectivity index (χ2v) is 9.63. The number of hydrogen-bond donors (Lipinski definition) is 3. The zero-order valence-corrected chi connectivity index (χ0v) is 19.0. The number of carbonyl (C=O) groups excluding carboxylic acids is 3. The van der Waals surface area contributed by atoms with Crippen molar-refractivity contribution in [1.82, 2.24) is 16.0 Å². The molecule has 3 amide bonds. The van der Waals surface area contributed by atoms with Gasteiger partial charge in [-0.15, -0.1) is 22.7 Å². The SMILES string of the molecule is O=C(CNC(=O)c1cccs1)NC(c1cccs1)C(C(=O)NC1CCCC1)c1ccco1. The third kappa shape index (κ3) is 5.46. The fourth-order valence-corrected chi connectivity index (χ4v) is 5.39. The molecule has 0 bridgehead atoms. The minimum absolute atomic E-state index is 0.143. The molecule has 2 unspecified atom stereocenters. The third-order valence-corrected chi connectivity index (χ3v) is 7.31. The van der Waals surface area contributed by atoms with E-state index in [4.69, 9.17) is 4.42 Å². The molecule has 4 rings (SSSR count). The quantitative estimate of drug-likeness (QED) is 0.441. The Balaban J connectivity index is 1.51. The number of nitrogens with one attached hydrogen (secondary N) is 3. The van der Waals surface area contributed by atoms with Crippen molar-refractivity contribution in [3.63, 3.8) is 0 Å². The van der Waals surface area contributed by atoms with Crippen LogP contribution in [0.5, 0.6) is 0 Å². The summed E-state index contributed by atoms with van der Waals surface area (Å²) in [5.74, 6) is -1.08. The van der Waals surface area contributed by atoms with Crippen molar-refractivity contribution in [2.45, 2.75) is 43.7 Å². The van der Waals surface area contributed by atoms with Crippen LogP contribution in [0.1, 0.15) is 58.0 Å². The van der Waals surface area contributed by atoms with E-state index in [2.05, 4.69) is 16.0 Å².